The van der Waals surface area contributed by atoms with Crippen LogP contribution in [0.2, 0.25) is 0 Å². The molecule has 0 spiro atoms. The number of H-pyrrole nitrogens is 1. The van der Waals surface area contributed by atoms with Crippen molar-refractivity contribution in [2.75, 3.05) is 13.1 Å². The Labute approximate surface area is 249 Å². The molecule has 2 N–H and O–H groups in total. The first kappa shape index (κ1) is 30.6. The minimum Gasteiger partial charge on any atom is -0.473 e. The average Bonchev–Trinajstić information content (AvgIpc) is 3.57. The van der Waals surface area contributed by atoms with Gasteiger partial charge in [0, 0.05) is 25.5 Å². The van der Waals surface area contributed by atoms with Crippen LogP contribution >= 0.6 is 0 Å². The van der Waals surface area contributed by atoms with Gasteiger partial charge in [-0.05, 0) is 64.1 Å². The van der Waals surface area contributed by atoms with E-state index in [1.807, 2.05) is 55.8 Å². The minimum atomic E-state index is -2.93. The molecule has 0 saturated heterocycles. The first-order valence-electron chi connectivity index (χ1n) is 14.5. The number of hydrogen-bond donors (Lipinski definition) is 2. The van der Waals surface area contributed by atoms with Crippen molar-refractivity contribution in [3.8, 4) is 22.9 Å². The van der Waals surface area contributed by atoms with Crippen molar-refractivity contribution in [1.29, 1.82) is 0 Å². The van der Waals surface area contributed by atoms with Crippen molar-refractivity contribution in [2.45, 2.75) is 79.2 Å². The fraction of sp³-hybridized carbons (Fsp3) is 0.500. The number of alkyl halides is 2. The van der Waals surface area contributed by atoms with E-state index in [9.17, 15) is 13.9 Å². The van der Waals surface area contributed by atoms with Gasteiger partial charge in [0.15, 0.2) is 0 Å². The van der Waals surface area contributed by atoms with E-state index in [1.54, 1.807) is 18.7 Å². The summed E-state index contributed by atoms with van der Waals surface area (Å²) in [6, 6.07) is 5.69. The van der Waals surface area contributed by atoms with Gasteiger partial charge in [0.2, 0.25) is 11.8 Å². The van der Waals surface area contributed by atoms with Crippen LogP contribution < -0.4 is 9.47 Å². The topological polar surface area (TPSA) is 115 Å². The predicted octanol–water partition coefficient (Wildman–Crippen LogP) is 4.84. The van der Waals surface area contributed by atoms with Gasteiger partial charge in [0.1, 0.15) is 11.8 Å². The zero-order chi connectivity index (χ0) is 30.8. The van der Waals surface area contributed by atoms with Gasteiger partial charge in [-0.25, -0.2) is 4.68 Å². The van der Waals surface area contributed by atoms with Gasteiger partial charge in [-0.15, -0.1) is 5.10 Å². The molecule has 0 saturated carbocycles. The van der Waals surface area contributed by atoms with Gasteiger partial charge in [-0.1, -0.05) is 13.0 Å². The first-order chi connectivity index (χ1) is 20.5. The Balaban J connectivity index is 1.70. The van der Waals surface area contributed by atoms with Crippen molar-refractivity contribution < 1.29 is 28.1 Å². The molecule has 2 atom stereocenters. The molecule has 5 rings (SSSR count). The summed E-state index contributed by atoms with van der Waals surface area (Å²) in [5, 5.41) is 28.0. The number of aromatic nitrogens is 6. The second kappa shape index (κ2) is 12.8. The number of aromatic amines is 1. The van der Waals surface area contributed by atoms with E-state index in [0.29, 0.717) is 49.2 Å². The summed E-state index contributed by atoms with van der Waals surface area (Å²) in [5.41, 5.74) is 4.87. The van der Waals surface area contributed by atoms with E-state index in [-0.39, 0.29) is 18.8 Å². The number of likely N-dealkylation sites (N-methyl/N-ethyl adjacent to an activating group) is 1. The molecule has 0 amide bonds. The number of aliphatic hydroxyl groups is 1. The van der Waals surface area contributed by atoms with Gasteiger partial charge < -0.3 is 19.3 Å². The molecule has 1 aliphatic rings. The first-order valence-corrected chi connectivity index (χ1v) is 14.5. The monoisotopic (exact) mass is 599 g/mol. The number of benzene rings is 1. The summed E-state index contributed by atoms with van der Waals surface area (Å²) in [4.78, 5) is 2.22. The number of nitrogens with one attached hydrogen (secondary N) is 1. The zero-order valence-corrected chi connectivity index (χ0v) is 25.3. The molecule has 1 aliphatic heterocycles. The van der Waals surface area contributed by atoms with Gasteiger partial charge in [0.05, 0.1) is 53.4 Å². The molecule has 2 bridgehead atoms. The predicted molar refractivity (Wildman–Crippen MR) is 159 cm³/mol. The molecule has 4 aromatic rings. The van der Waals surface area contributed by atoms with Gasteiger partial charge >= 0.3 is 6.61 Å². The number of fused-ring (bicyclic) bond motifs is 4. The SMILES string of the molecule is CCN1Cc2c(c(OC(C)C)nn2CC(C)O)/C=C/c2[nH]nc3ccc(cc23)-c2c(COC(F)F)nn(C)c2OC(C)C1. The highest BCUT2D eigenvalue weighted by Gasteiger charge is 2.26. The van der Waals surface area contributed by atoms with Crippen LogP contribution in [0.25, 0.3) is 34.2 Å². The molecular formula is C30H39F2N7O4. The Morgan fingerprint density at radius 1 is 1.19 bits per heavy atom. The molecule has 0 fully saturated rings. The number of nitrogens with zero attached hydrogens (tertiary/aromatic N) is 6. The van der Waals surface area contributed by atoms with Gasteiger partial charge in [0.25, 0.3) is 0 Å². The largest absolute Gasteiger partial charge is 0.473 e. The van der Waals surface area contributed by atoms with Crippen LogP contribution in [-0.2, 0) is 31.5 Å². The molecule has 1 aromatic carbocycles. The maximum absolute atomic E-state index is 13.0. The third kappa shape index (κ3) is 6.73. The van der Waals surface area contributed by atoms with Crippen molar-refractivity contribution in [3.05, 3.63) is 40.8 Å². The highest BCUT2D eigenvalue weighted by molar-refractivity contribution is 5.93. The van der Waals surface area contributed by atoms with Crippen molar-refractivity contribution in [2.24, 2.45) is 7.05 Å². The quantitative estimate of drug-likeness (QED) is 0.296. The van der Waals surface area contributed by atoms with Crippen LogP contribution in [-0.4, -0.2) is 77.8 Å². The Morgan fingerprint density at radius 3 is 2.67 bits per heavy atom. The summed E-state index contributed by atoms with van der Waals surface area (Å²) >= 11 is 0. The van der Waals surface area contributed by atoms with E-state index in [1.165, 1.54) is 0 Å². The van der Waals surface area contributed by atoms with E-state index < -0.39 is 12.7 Å². The maximum Gasteiger partial charge on any atom is 0.345 e. The second-order valence-corrected chi connectivity index (χ2v) is 11.1. The lowest BCUT2D eigenvalue weighted by molar-refractivity contribution is -0.137. The van der Waals surface area contributed by atoms with Crippen LogP contribution in [0.5, 0.6) is 11.8 Å². The highest BCUT2D eigenvalue weighted by atomic mass is 19.3. The molecule has 13 heteroatoms. The Morgan fingerprint density at radius 2 is 1.98 bits per heavy atom. The number of rotatable bonds is 8. The summed E-state index contributed by atoms with van der Waals surface area (Å²) < 4.78 is 46.8. The normalized spacial score (nSPS) is 17.5. The molecular weight excluding hydrogens is 560 g/mol. The summed E-state index contributed by atoms with van der Waals surface area (Å²) in [5.74, 6) is 0.942. The Bertz CT molecular complexity index is 1590. The minimum absolute atomic E-state index is 0.106. The molecule has 2 unspecified atom stereocenters. The van der Waals surface area contributed by atoms with E-state index in [2.05, 4.69) is 31.9 Å². The summed E-state index contributed by atoms with van der Waals surface area (Å²) in [6.45, 7) is 8.45. The second-order valence-electron chi connectivity index (χ2n) is 11.1. The van der Waals surface area contributed by atoms with Crippen LogP contribution in [0.15, 0.2) is 18.2 Å². The van der Waals surface area contributed by atoms with Crippen LogP contribution in [0.1, 0.15) is 57.3 Å². The standard InChI is InChI=1S/C30H39F2N7O4/c1-7-38-14-19(5)43-29-27(25(35-37(29)6)16-41-30(31)32)20-8-10-23-22(12-20)24(34-33-23)11-9-21-26(15-38)39(13-18(4)40)36-28(21)42-17(2)3/h8-12,17-19,30,40H,7,13-16H2,1-6H3,(H,33,34)/b11-9+. The lowest BCUT2D eigenvalue weighted by atomic mass is 10.0. The van der Waals surface area contributed by atoms with Crippen LogP contribution in [0.4, 0.5) is 8.78 Å². The number of halogens is 2. The molecule has 3 aromatic heterocycles. The molecule has 11 nitrogen and oxygen atoms in total. The van der Waals surface area contributed by atoms with E-state index in [4.69, 9.17) is 14.6 Å². The lowest BCUT2D eigenvalue weighted by Crippen LogP contribution is -2.35. The van der Waals surface area contributed by atoms with Crippen molar-refractivity contribution in [1.82, 2.24) is 34.7 Å². The summed E-state index contributed by atoms with van der Waals surface area (Å²) in [7, 11) is 1.73. The third-order valence-electron chi connectivity index (χ3n) is 7.20. The number of aryl methyl sites for hydroxylation is 1. The Kier molecular flexibility index (Phi) is 9.13. The molecule has 43 heavy (non-hydrogen) atoms. The van der Waals surface area contributed by atoms with Crippen molar-refractivity contribution in [3.63, 3.8) is 0 Å². The summed E-state index contributed by atoms with van der Waals surface area (Å²) in [6.07, 6.45) is 2.87. The average molecular weight is 600 g/mol. The van der Waals surface area contributed by atoms with E-state index >= 15 is 0 Å². The van der Waals surface area contributed by atoms with Crippen LogP contribution in [0, 0.1) is 0 Å². The van der Waals surface area contributed by atoms with Gasteiger partial charge in [-0.2, -0.15) is 19.0 Å². The van der Waals surface area contributed by atoms with Gasteiger partial charge in [-0.3, -0.25) is 14.7 Å². The zero-order valence-electron chi connectivity index (χ0n) is 25.3. The van der Waals surface area contributed by atoms with Crippen molar-refractivity contribution >= 4 is 23.1 Å². The fourth-order valence-corrected chi connectivity index (χ4v) is 5.35. The molecule has 0 aliphatic carbocycles. The fourth-order valence-electron chi connectivity index (χ4n) is 5.35. The van der Waals surface area contributed by atoms with Crippen LogP contribution in [0.3, 0.4) is 0 Å². The number of aliphatic hydroxyl groups excluding tert-OH is 1. The highest BCUT2D eigenvalue weighted by Crippen LogP contribution is 2.37. The number of ether oxygens (including phenoxy) is 3. The molecule has 232 valence electrons. The maximum atomic E-state index is 13.0. The number of hydrogen-bond acceptors (Lipinski definition) is 8. The van der Waals surface area contributed by atoms with E-state index in [0.717, 1.165) is 33.4 Å². The Hall–Kier alpha value is -3.81. The third-order valence-corrected chi connectivity index (χ3v) is 7.20. The molecule has 0 radical (unpaired) electrons. The molecule has 4 heterocycles. The lowest BCUT2D eigenvalue weighted by Gasteiger charge is -2.26. The smallest absolute Gasteiger partial charge is 0.345 e.